The first-order valence-electron chi connectivity index (χ1n) is 8.77. The van der Waals surface area contributed by atoms with Gasteiger partial charge in [0, 0.05) is 23.9 Å². The molecule has 9 heteroatoms. The highest BCUT2D eigenvalue weighted by Crippen LogP contribution is 2.32. The molecule has 1 heterocycles. The number of hydrogen-bond acceptors (Lipinski definition) is 6. The molecule has 0 N–H and O–H groups in total. The normalized spacial score (nSPS) is 16.9. The van der Waals surface area contributed by atoms with Crippen LogP contribution in [0.25, 0.3) is 0 Å². The molecule has 0 atom stereocenters. The third kappa shape index (κ3) is 3.85. The van der Waals surface area contributed by atoms with E-state index in [1.165, 1.54) is 15.4 Å². The average Bonchev–Trinajstić information content (AvgIpc) is 3.40. The molecular formula is C18H17ClN4O4. The van der Waals surface area contributed by atoms with Crippen molar-refractivity contribution < 1.29 is 14.3 Å². The van der Waals surface area contributed by atoms with Gasteiger partial charge in [-0.1, -0.05) is 11.6 Å². The van der Waals surface area contributed by atoms with Crippen molar-refractivity contribution in [2.75, 3.05) is 0 Å². The van der Waals surface area contributed by atoms with Crippen LogP contribution in [0.2, 0.25) is 5.02 Å². The molecule has 0 unspecified atom stereocenters. The number of benzene rings is 1. The van der Waals surface area contributed by atoms with E-state index in [0.717, 1.165) is 12.8 Å². The number of ketones is 1. The number of allylic oxidation sites excluding steroid dienone is 2. The first kappa shape index (κ1) is 17.7. The maximum Gasteiger partial charge on any atom is 0.364 e. The summed E-state index contributed by atoms with van der Waals surface area (Å²) in [6.07, 6.45) is 4.86. The Morgan fingerprint density at radius 1 is 1.22 bits per heavy atom. The summed E-state index contributed by atoms with van der Waals surface area (Å²) in [6, 6.07) is 4.83. The van der Waals surface area contributed by atoms with Crippen molar-refractivity contribution in [2.24, 2.45) is 0 Å². The van der Waals surface area contributed by atoms with Crippen molar-refractivity contribution in [3.63, 3.8) is 0 Å². The van der Waals surface area contributed by atoms with Crippen molar-refractivity contribution >= 4 is 23.4 Å². The van der Waals surface area contributed by atoms with Crippen molar-refractivity contribution in [1.29, 1.82) is 0 Å². The van der Waals surface area contributed by atoms with Crippen LogP contribution in [0, 0.1) is 0 Å². The molecule has 0 amide bonds. The van der Waals surface area contributed by atoms with E-state index in [4.69, 9.17) is 16.3 Å². The molecule has 1 aromatic carbocycles. The lowest BCUT2D eigenvalue weighted by Gasteiger charge is -2.14. The zero-order valence-corrected chi connectivity index (χ0v) is 15.2. The maximum atomic E-state index is 12.6. The van der Waals surface area contributed by atoms with Crippen molar-refractivity contribution in [2.45, 2.75) is 44.7 Å². The van der Waals surface area contributed by atoms with Gasteiger partial charge in [0.15, 0.2) is 5.78 Å². The third-order valence-electron chi connectivity index (χ3n) is 4.55. The number of rotatable bonds is 5. The van der Waals surface area contributed by atoms with Crippen LogP contribution in [-0.4, -0.2) is 31.5 Å². The Hall–Kier alpha value is -2.74. The molecule has 1 saturated carbocycles. The Bertz CT molecular complexity index is 1000. The molecule has 0 bridgehead atoms. The number of esters is 1. The quantitative estimate of drug-likeness (QED) is 0.729. The molecule has 8 nitrogen and oxygen atoms in total. The van der Waals surface area contributed by atoms with Crippen LogP contribution in [0.15, 0.2) is 34.8 Å². The predicted molar refractivity (Wildman–Crippen MR) is 95.5 cm³/mol. The molecule has 2 aliphatic rings. The summed E-state index contributed by atoms with van der Waals surface area (Å²) in [5.41, 5.74) is 0.448. The zero-order chi connectivity index (χ0) is 19.0. The second-order valence-electron chi connectivity index (χ2n) is 6.72. The summed E-state index contributed by atoms with van der Waals surface area (Å²) in [6.45, 7) is 0.0501. The highest BCUT2D eigenvalue weighted by molar-refractivity contribution is 6.30. The van der Waals surface area contributed by atoms with Crippen LogP contribution in [-0.2, 0) is 16.1 Å². The van der Waals surface area contributed by atoms with Crippen molar-refractivity contribution in [3.05, 3.63) is 56.7 Å². The van der Waals surface area contributed by atoms with Crippen molar-refractivity contribution in [1.82, 2.24) is 19.8 Å². The Kier molecular flexibility index (Phi) is 4.65. The van der Waals surface area contributed by atoms with Gasteiger partial charge in [-0.3, -0.25) is 4.79 Å². The number of halogens is 1. The number of carbonyl (C=O) groups excluding carboxylic acids is 2. The van der Waals surface area contributed by atoms with Crippen LogP contribution in [0.3, 0.4) is 0 Å². The second kappa shape index (κ2) is 7.11. The number of carbonyl (C=O) groups is 2. The SMILES string of the molecule is O=C1C=C(OC(=O)c2ccc(Cl)cc2Cn2nnn(C3CC3)c2=O)CCC1. The molecule has 1 fully saturated rings. The number of nitrogens with zero attached hydrogens (tertiary/aromatic N) is 4. The van der Waals surface area contributed by atoms with Crippen LogP contribution >= 0.6 is 11.6 Å². The highest BCUT2D eigenvalue weighted by Gasteiger charge is 2.28. The smallest absolute Gasteiger partial charge is 0.364 e. The summed E-state index contributed by atoms with van der Waals surface area (Å²) in [5.74, 6) is -0.289. The van der Waals surface area contributed by atoms with Crippen LogP contribution in [0.5, 0.6) is 0 Å². The van der Waals surface area contributed by atoms with E-state index in [1.54, 1.807) is 18.2 Å². The molecule has 2 aromatic rings. The molecular weight excluding hydrogens is 372 g/mol. The van der Waals surface area contributed by atoms with Gasteiger partial charge >= 0.3 is 11.7 Å². The molecule has 27 heavy (non-hydrogen) atoms. The topological polar surface area (TPSA) is 96.1 Å². The maximum absolute atomic E-state index is 12.6. The largest absolute Gasteiger partial charge is 0.427 e. The van der Waals surface area contributed by atoms with Crippen molar-refractivity contribution in [3.8, 4) is 0 Å². The molecule has 0 spiro atoms. The molecule has 0 aliphatic heterocycles. The average molecular weight is 389 g/mol. The van der Waals surface area contributed by atoms with Gasteiger partial charge in [0.2, 0.25) is 0 Å². The standard InChI is InChI=1S/C18H17ClN4O4/c19-12-4-7-16(17(25)27-15-3-1-2-14(24)9-15)11(8-12)10-22-18(26)23(21-20-22)13-5-6-13/h4,7-9,13H,1-3,5-6,10H2. The van der Waals surface area contributed by atoms with E-state index in [9.17, 15) is 14.4 Å². The minimum atomic E-state index is -0.592. The lowest BCUT2D eigenvalue weighted by Crippen LogP contribution is -2.26. The fraction of sp³-hybridized carbons (Fsp3) is 0.389. The number of ether oxygens (including phenoxy) is 1. The Morgan fingerprint density at radius 2 is 2.04 bits per heavy atom. The summed E-state index contributed by atoms with van der Waals surface area (Å²) in [7, 11) is 0. The van der Waals surface area contributed by atoms with E-state index < -0.39 is 5.97 Å². The fourth-order valence-electron chi connectivity index (χ4n) is 3.00. The number of tetrazole rings is 1. The van der Waals surface area contributed by atoms with Gasteiger partial charge in [-0.15, -0.1) is 0 Å². The summed E-state index contributed by atoms with van der Waals surface area (Å²) in [5, 5.41) is 8.22. The van der Waals surface area contributed by atoms with Gasteiger partial charge in [-0.05, 0) is 53.5 Å². The zero-order valence-electron chi connectivity index (χ0n) is 14.4. The predicted octanol–water partition coefficient (Wildman–Crippen LogP) is 2.27. The van der Waals surface area contributed by atoms with Gasteiger partial charge in [-0.2, -0.15) is 9.36 Å². The summed E-state index contributed by atoms with van der Waals surface area (Å²) >= 11 is 6.07. The van der Waals surface area contributed by atoms with Gasteiger partial charge in [-0.25, -0.2) is 9.59 Å². The molecule has 0 saturated heterocycles. The Morgan fingerprint density at radius 3 is 2.78 bits per heavy atom. The summed E-state index contributed by atoms with van der Waals surface area (Å²) in [4.78, 5) is 36.5. The van der Waals surface area contributed by atoms with Crippen LogP contribution < -0.4 is 5.69 Å². The first-order chi connectivity index (χ1) is 13.0. The Balaban J connectivity index is 1.59. The van der Waals surface area contributed by atoms with E-state index in [2.05, 4.69) is 10.4 Å². The molecule has 140 valence electrons. The summed E-state index contributed by atoms with van der Waals surface area (Å²) < 4.78 is 7.94. The first-order valence-corrected chi connectivity index (χ1v) is 9.15. The number of aromatic nitrogens is 4. The van der Waals surface area contributed by atoms with E-state index in [1.807, 2.05) is 0 Å². The van der Waals surface area contributed by atoms with Gasteiger partial charge < -0.3 is 4.74 Å². The van der Waals surface area contributed by atoms with E-state index in [0.29, 0.717) is 35.6 Å². The highest BCUT2D eigenvalue weighted by atomic mass is 35.5. The molecule has 0 radical (unpaired) electrons. The van der Waals surface area contributed by atoms with E-state index in [-0.39, 0.29) is 29.6 Å². The monoisotopic (exact) mass is 388 g/mol. The van der Waals surface area contributed by atoms with Gasteiger partial charge in [0.05, 0.1) is 18.2 Å². The minimum absolute atomic E-state index is 0.0501. The van der Waals surface area contributed by atoms with Gasteiger partial charge in [0.1, 0.15) is 5.76 Å². The lowest BCUT2D eigenvalue weighted by molar-refractivity contribution is -0.115. The fourth-order valence-corrected chi connectivity index (χ4v) is 3.20. The third-order valence-corrected chi connectivity index (χ3v) is 4.79. The molecule has 2 aliphatic carbocycles. The van der Waals surface area contributed by atoms with Gasteiger partial charge in [0.25, 0.3) is 0 Å². The Labute approximate surface area is 159 Å². The lowest BCUT2D eigenvalue weighted by atomic mass is 10.0. The minimum Gasteiger partial charge on any atom is -0.427 e. The van der Waals surface area contributed by atoms with E-state index >= 15 is 0 Å². The molecule has 4 rings (SSSR count). The number of hydrogen-bond donors (Lipinski definition) is 0. The van der Waals surface area contributed by atoms with Crippen LogP contribution in [0.1, 0.15) is 54.1 Å². The molecule has 1 aromatic heterocycles. The second-order valence-corrected chi connectivity index (χ2v) is 7.15. The van der Waals surface area contributed by atoms with Crippen LogP contribution in [0.4, 0.5) is 0 Å².